The van der Waals surface area contributed by atoms with Gasteiger partial charge in [0.05, 0.1) is 12.8 Å². The summed E-state index contributed by atoms with van der Waals surface area (Å²) in [5, 5.41) is 2.42. The van der Waals surface area contributed by atoms with Crippen molar-refractivity contribution in [3.8, 4) is 22.7 Å². The van der Waals surface area contributed by atoms with E-state index in [9.17, 15) is 0 Å². The molecule has 4 rings (SSSR count). The van der Waals surface area contributed by atoms with E-state index < -0.39 is 0 Å². The van der Waals surface area contributed by atoms with Crippen LogP contribution in [0.2, 0.25) is 0 Å². The maximum Gasteiger partial charge on any atom is 0.182 e. The van der Waals surface area contributed by atoms with Gasteiger partial charge in [0.2, 0.25) is 0 Å². The number of H-pyrrole nitrogens is 1. The maximum atomic E-state index is 5.51. The molecule has 24 heavy (non-hydrogen) atoms. The summed E-state index contributed by atoms with van der Waals surface area (Å²) >= 11 is 5.51. The smallest absolute Gasteiger partial charge is 0.182 e. The molecule has 0 unspecified atom stereocenters. The van der Waals surface area contributed by atoms with E-state index in [1.165, 1.54) is 10.8 Å². The predicted molar refractivity (Wildman–Crippen MR) is 100 cm³/mol. The number of rotatable bonds is 3. The molecular weight excluding hydrogens is 316 g/mol. The Bertz CT molecular complexity index is 1060. The van der Waals surface area contributed by atoms with E-state index in [0.717, 1.165) is 22.7 Å². The highest BCUT2D eigenvalue weighted by Crippen LogP contribution is 2.24. The van der Waals surface area contributed by atoms with Crippen LogP contribution in [0.5, 0.6) is 5.75 Å². The Morgan fingerprint density at radius 1 is 0.917 bits per heavy atom. The van der Waals surface area contributed by atoms with E-state index in [1.54, 1.807) is 7.11 Å². The van der Waals surface area contributed by atoms with Crippen LogP contribution in [0.1, 0.15) is 0 Å². The van der Waals surface area contributed by atoms with Gasteiger partial charge >= 0.3 is 0 Å². The van der Waals surface area contributed by atoms with Gasteiger partial charge < -0.3 is 9.72 Å². The van der Waals surface area contributed by atoms with Crippen LogP contribution in [0, 0.1) is 4.77 Å². The quantitative estimate of drug-likeness (QED) is 0.512. The molecular formula is C20H16N2OS. The molecule has 0 amide bonds. The summed E-state index contributed by atoms with van der Waals surface area (Å²) < 4.78 is 7.89. The minimum absolute atomic E-state index is 0.677. The summed E-state index contributed by atoms with van der Waals surface area (Å²) in [6.07, 6.45) is 2.04. The highest BCUT2D eigenvalue weighted by atomic mass is 32.1. The van der Waals surface area contributed by atoms with E-state index in [-0.39, 0.29) is 0 Å². The van der Waals surface area contributed by atoms with Crippen LogP contribution >= 0.6 is 12.2 Å². The van der Waals surface area contributed by atoms with Gasteiger partial charge in [-0.15, -0.1) is 0 Å². The molecule has 3 nitrogen and oxygen atoms in total. The van der Waals surface area contributed by atoms with Gasteiger partial charge in [-0.1, -0.05) is 30.3 Å². The summed E-state index contributed by atoms with van der Waals surface area (Å²) in [5.41, 5.74) is 3.10. The number of ether oxygens (including phenoxy) is 1. The molecule has 1 aromatic heterocycles. The second kappa shape index (κ2) is 5.98. The Kier molecular flexibility index (Phi) is 3.67. The molecule has 0 spiro atoms. The van der Waals surface area contributed by atoms with Gasteiger partial charge in [-0.3, -0.25) is 4.57 Å². The van der Waals surface area contributed by atoms with Crippen LogP contribution in [-0.4, -0.2) is 16.7 Å². The minimum Gasteiger partial charge on any atom is -0.497 e. The third-order valence-corrected chi connectivity index (χ3v) is 4.43. The number of hydrogen-bond donors (Lipinski definition) is 1. The molecule has 3 aromatic carbocycles. The van der Waals surface area contributed by atoms with Gasteiger partial charge in [-0.2, -0.15) is 0 Å². The summed E-state index contributed by atoms with van der Waals surface area (Å²) in [6, 6.07) is 22.6. The Labute approximate surface area is 145 Å². The Hall–Kier alpha value is -2.85. The zero-order valence-corrected chi connectivity index (χ0v) is 14.0. The standard InChI is InChI=1S/C20H16N2OS/c1-23-18-10-7-15(8-11-18)19-13-22(20(24)21-19)17-9-6-14-4-2-3-5-16(14)12-17/h2-13H,1H3,(H,21,24). The van der Waals surface area contributed by atoms with Crippen molar-refractivity contribution in [3.63, 3.8) is 0 Å². The number of nitrogens with one attached hydrogen (secondary N) is 1. The Morgan fingerprint density at radius 3 is 2.42 bits per heavy atom. The number of aromatic amines is 1. The lowest BCUT2D eigenvalue weighted by Crippen LogP contribution is -1.91. The monoisotopic (exact) mass is 332 g/mol. The molecule has 0 radical (unpaired) electrons. The average molecular weight is 332 g/mol. The zero-order chi connectivity index (χ0) is 16.5. The molecule has 1 heterocycles. The second-order valence-electron chi connectivity index (χ2n) is 5.60. The molecule has 118 valence electrons. The van der Waals surface area contributed by atoms with Crippen LogP contribution < -0.4 is 4.74 Å². The van der Waals surface area contributed by atoms with E-state index in [2.05, 4.69) is 35.3 Å². The molecule has 0 bridgehead atoms. The van der Waals surface area contributed by atoms with Crippen molar-refractivity contribution in [2.75, 3.05) is 7.11 Å². The van der Waals surface area contributed by atoms with E-state index in [1.807, 2.05) is 47.2 Å². The molecule has 4 aromatic rings. The van der Waals surface area contributed by atoms with Crippen molar-refractivity contribution in [3.05, 3.63) is 77.7 Å². The van der Waals surface area contributed by atoms with Crippen molar-refractivity contribution < 1.29 is 4.74 Å². The van der Waals surface area contributed by atoms with Crippen molar-refractivity contribution in [2.24, 2.45) is 0 Å². The zero-order valence-electron chi connectivity index (χ0n) is 13.2. The third-order valence-electron chi connectivity index (χ3n) is 4.13. The molecule has 0 saturated heterocycles. The van der Waals surface area contributed by atoms with Gasteiger partial charge in [0.15, 0.2) is 4.77 Å². The summed E-state index contributed by atoms with van der Waals surface area (Å²) in [6.45, 7) is 0. The number of hydrogen-bond acceptors (Lipinski definition) is 2. The van der Waals surface area contributed by atoms with Crippen LogP contribution in [0.3, 0.4) is 0 Å². The Balaban J connectivity index is 1.78. The van der Waals surface area contributed by atoms with E-state index in [4.69, 9.17) is 17.0 Å². The lowest BCUT2D eigenvalue weighted by molar-refractivity contribution is 0.415. The van der Waals surface area contributed by atoms with Crippen LogP contribution in [0.25, 0.3) is 27.7 Å². The SMILES string of the molecule is COc1ccc(-c2cn(-c3ccc4ccccc4c3)c(=S)[nH]2)cc1. The molecule has 1 N–H and O–H groups in total. The molecule has 0 fully saturated rings. The number of fused-ring (bicyclic) bond motifs is 1. The second-order valence-corrected chi connectivity index (χ2v) is 5.99. The molecule has 0 aliphatic carbocycles. The summed E-state index contributed by atoms with van der Waals surface area (Å²) in [7, 11) is 1.67. The minimum atomic E-state index is 0.677. The fourth-order valence-corrected chi connectivity index (χ4v) is 3.10. The molecule has 0 aliphatic rings. The predicted octanol–water partition coefficient (Wildman–Crippen LogP) is 5.36. The maximum absolute atomic E-state index is 5.51. The highest BCUT2D eigenvalue weighted by Gasteiger charge is 2.06. The van der Waals surface area contributed by atoms with Crippen LogP contribution in [0.4, 0.5) is 0 Å². The van der Waals surface area contributed by atoms with E-state index >= 15 is 0 Å². The van der Waals surface area contributed by atoms with Crippen molar-refractivity contribution in [1.82, 2.24) is 9.55 Å². The molecule has 0 atom stereocenters. The summed E-state index contributed by atoms with van der Waals surface area (Å²) in [4.78, 5) is 3.28. The van der Waals surface area contributed by atoms with Gasteiger partial charge in [0, 0.05) is 11.9 Å². The number of aromatic nitrogens is 2. The van der Waals surface area contributed by atoms with Crippen LogP contribution in [-0.2, 0) is 0 Å². The van der Waals surface area contributed by atoms with Gasteiger partial charge in [0.25, 0.3) is 0 Å². The summed E-state index contributed by atoms with van der Waals surface area (Å²) in [5.74, 6) is 0.839. The van der Waals surface area contributed by atoms with Crippen molar-refractivity contribution >= 4 is 23.0 Å². The normalized spacial score (nSPS) is 10.9. The Morgan fingerprint density at radius 2 is 1.67 bits per heavy atom. The van der Waals surface area contributed by atoms with Gasteiger partial charge in [0.1, 0.15) is 5.75 Å². The number of methoxy groups -OCH3 is 1. The van der Waals surface area contributed by atoms with Gasteiger partial charge in [-0.25, -0.2) is 0 Å². The topological polar surface area (TPSA) is 29.9 Å². The number of benzene rings is 3. The first kappa shape index (κ1) is 14.7. The molecule has 0 saturated carbocycles. The first-order valence-electron chi connectivity index (χ1n) is 7.70. The third kappa shape index (κ3) is 2.61. The first-order valence-corrected chi connectivity index (χ1v) is 8.11. The average Bonchev–Trinajstić information content (AvgIpc) is 3.03. The number of nitrogens with zero attached hydrogens (tertiary/aromatic N) is 1. The largest absolute Gasteiger partial charge is 0.497 e. The van der Waals surface area contributed by atoms with Crippen LogP contribution in [0.15, 0.2) is 72.9 Å². The fourth-order valence-electron chi connectivity index (χ4n) is 2.83. The number of imidazole rings is 1. The van der Waals surface area contributed by atoms with E-state index in [0.29, 0.717) is 4.77 Å². The van der Waals surface area contributed by atoms with Crippen molar-refractivity contribution in [2.45, 2.75) is 0 Å². The molecule has 4 heteroatoms. The molecule has 0 aliphatic heterocycles. The lowest BCUT2D eigenvalue weighted by Gasteiger charge is -2.04. The van der Waals surface area contributed by atoms with Crippen molar-refractivity contribution in [1.29, 1.82) is 0 Å². The highest BCUT2D eigenvalue weighted by molar-refractivity contribution is 7.71. The lowest BCUT2D eigenvalue weighted by atomic mass is 10.1. The fraction of sp³-hybridized carbons (Fsp3) is 0.0500. The first-order chi connectivity index (χ1) is 11.7. The van der Waals surface area contributed by atoms with Gasteiger partial charge in [-0.05, 0) is 65.0 Å².